The highest BCUT2D eigenvalue weighted by Crippen LogP contribution is 2.36. The molecular formula is C26H19Cl2FN8O3. The van der Waals surface area contributed by atoms with E-state index in [1.165, 1.54) is 36.3 Å². The summed E-state index contributed by atoms with van der Waals surface area (Å²) in [7, 11) is 1.19. The summed E-state index contributed by atoms with van der Waals surface area (Å²) < 4.78 is 22.3. The number of hydrogen-bond acceptors (Lipinski definition) is 7. The van der Waals surface area contributed by atoms with Crippen molar-refractivity contribution in [1.29, 1.82) is 0 Å². The zero-order valence-electron chi connectivity index (χ0n) is 20.7. The van der Waals surface area contributed by atoms with Gasteiger partial charge in [-0.1, -0.05) is 29.3 Å². The molecule has 1 aliphatic rings. The molecule has 0 bridgehead atoms. The van der Waals surface area contributed by atoms with Crippen LogP contribution in [-0.4, -0.2) is 47.9 Å². The van der Waals surface area contributed by atoms with E-state index in [4.69, 9.17) is 23.2 Å². The Hall–Kier alpha value is -4.55. The molecule has 14 heteroatoms. The molecule has 1 aliphatic heterocycles. The van der Waals surface area contributed by atoms with Gasteiger partial charge in [-0.25, -0.2) is 14.2 Å². The predicted octanol–water partition coefficient (Wildman–Crippen LogP) is 5.04. The van der Waals surface area contributed by atoms with Gasteiger partial charge in [0.15, 0.2) is 0 Å². The van der Waals surface area contributed by atoms with Crippen LogP contribution in [-0.2, 0) is 11.2 Å². The van der Waals surface area contributed by atoms with Gasteiger partial charge in [-0.2, -0.15) is 4.68 Å². The minimum absolute atomic E-state index is 0.0440. The Labute approximate surface area is 235 Å². The Balaban J connectivity index is 1.34. The van der Waals surface area contributed by atoms with Crippen LogP contribution in [0, 0.1) is 5.82 Å². The van der Waals surface area contributed by atoms with E-state index in [2.05, 4.69) is 35.5 Å². The molecule has 6 rings (SSSR count). The van der Waals surface area contributed by atoms with Crippen molar-refractivity contribution in [2.75, 3.05) is 12.4 Å². The fourth-order valence-corrected chi connectivity index (χ4v) is 5.28. The highest BCUT2D eigenvalue weighted by Gasteiger charge is 2.29. The fourth-order valence-electron chi connectivity index (χ4n) is 4.86. The molecule has 0 radical (unpaired) electrons. The third-order valence-electron chi connectivity index (χ3n) is 6.66. The molecule has 0 aliphatic carbocycles. The number of aryl methyl sites for hydroxylation is 1. The van der Waals surface area contributed by atoms with E-state index in [1.54, 1.807) is 28.8 Å². The second-order valence-electron chi connectivity index (χ2n) is 9.01. The van der Waals surface area contributed by atoms with Crippen molar-refractivity contribution in [2.45, 2.75) is 18.9 Å². The highest BCUT2D eigenvalue weighted by molar-refractivity contribution is 6.32. The number of nitrogens with zero attached hydrogens (tertiary/aromatic N) is 6. The number of pyridine rings is 1. The number of rotatable bonds is 5. The van der Waals surface area contributed by atoms with Crippen LogP contribution in [0.15, 0.2) is 59.7 Å². The number of ether oxygens (including phenoxy) is 1. The van der Waals surface area contributed by atoms with Gasteiger partial charge in [0.2, 0.25) is 0 Å². The average molecular weight is 581 g/mol. The zero-order chi connectivity index (χ0) is 28.0. The number of halogens is 3. The lowest BCUT2D eigenvalue weighted by Gasteiger charge is -2.15. The first-order chi connectivity index (χ1) is 19.3. The molecule has 1 atom stereocenters. The molecular weight excluding hydrogens is 562 g/mol. The maximum absolute atomic E-state index is 14.6. The van der Waals surface area contributed by atoms with Crippen LogP contribution in [0.3, 0.4) is 0 Å². The molecule has 1 amide bonds. The number of methoxy groups -OCH3 is 1. The van der Waals surface area contributed by atoms with Gasteiger partial charge >= 0.3 is 6.09 Å². The van der Waals surface area contributed by atoms with E-state index < -0.39 is 18.0 Å². The van der Waals surface area contributed by atoms with E-state index in [-0.39, 0.29) is 16.4 Å². The second kappa shape index (κ2) is 10.2. The van der Waals surface area contributed by atoms with Gasteiger partial charge in [0.1, 0.15) is 28.8 Å². The molecule has 4 heterocycles. The van der Waals surface area contributed by atoms with Crippen LogP contribution in [0.2, 0.25) is 10.2 Å². The van der Waals surface area contributed by atoms with Crippen molar-refractivity contribution in [1.82, 2.24) is 34.7 Å². The number of anilines is 1. The average Bonchev–Trinajstić information content (AvgIpc) is 3.70. The van der Waals surface area contributed by atoms with Gasteiger partial charge in [-0.15, -0.1) is 5.10 Å². The molecule has 0 spiro atoms. The summed E-state index contributed by atoms with van der Waals surface area (Å²) in [5.74, 6) is -0.205. The van der Waals surface area contributed by atoms with Gasteiger partial charge < -0.3 is 14.3 Å². The van der Waals surface area contributed by atoms with Crippen molar-refractivity contribution in [2.24, 2.45) is 0 Å². The van der Waals surface area contributed by atoms with Crippen LogP contribution < -0.4 is 10.9 Å². The molecule has 1 unspecified atom stereocenters. The quantitative estimate of drug-likeness (QED) is 0.297. The minimum Gasteiger partial charge on any atom is -0.453 e. The first-order valence-corrected chi connectivity index (χ1v) is 12.8. The zero-order valence-corrected chi connectivity index (χ0v) is 22.2. The molecule has 0 saturated carbocycles. The summed E-state index contributed by atoms with van der Waals surface area (Å²) in [6.45, 7) is 0. The monoisotopic (exact) mass is 580 g/mol. The number of tetrazole rings is 1. The number of H-pyrrole nitrogens is 1. The summed E-state index contributed by atoms with van der Waals surface area (Å²) in [5, 5.41) is 14.4. The summed E-state index contributed by atoms with van der Waals surface area (Å²) in [5.41, 5.74) is 3.33. The highest BCUT2D eigenvalue weighted by atomic mass is 35.5. The van der Waals surface area contributed by atoms with Crippen LogP contribution in [0.1, 0.15) is 24.0 Å². The van der Waals surface area contributed by atoms with E-state index in [0.717, 1.165) is 5.69 Å². The Morgan fingerprint density at radius 2 is 2.00 bits per heavy atom. The van der Waals surface area contributed by atoms with Gasteiger partial charge in [0.05, 0.1) is 24.5 Å². The van der Waals surface area contributed by atoms with Crippen molar-refractivity contribution in [3.8, 4) is 28.1 Å². The standard InChI is InChI=1S/C26H19Cl2FN8O3/c1-40-26(39)31-19-5-2-13(9-18(19)29)23-24(28)33-25(32-23)21-7-4-16-8-14(10-22(38)37(16)21)17-11-15(27)3-6-20(17)36-12-30-34-35-36/h2-3,5-6,8-12,21H,4,7H2,1H3,(H,31,39)(H,32,33). The summed E-state index contributed by atoms with van der Waals surface area (Å²) >= 11 is 12.7. The van der Waals surface area contributed by atoms with Crippen molar-refractivity contribution in [3.05, 3.63) is 92.7 Å². The topological polar surface area (TPSA) is 133 Å². The first-order valence-electron chi connectivity index (χ1n) is 12.0. The Bertz CT molecular complexity index is 1820. The molecule has 5 aromatic rings. The Morgan fingerprint density at radius 1 is 1.15 bits per heavy atom. The van der Waals surface area contributed by atoms with Gasteiger partial charge in [-0.3, -0.25) is 10.1 Å². The second-order valence-corrected chi connectivity index (χ2v) is 9.82. The first kappa shape index (κ1) is 25.7. The SMILES string of the molecule is COC(=O)Nc1ccc(-c2nc(C3CCc4cc(-c5cc(Cl)ccc5-n5cnnn5)cc(=O)n43)[nH]c2Cl)cc1F. The molecule has 40 heavy (non-hydrogen) atoms. The smallest absolute Gasteiger partial charge is 0.411 e. The maximum Gasteiger partial charge on any atom is 0.411 e. The number of nitrogens with one attached hydrogen (secondary N) is 2. The van der Waals surface area contributed by atoms with Crippen molar-refractivity contribution in [3.63, 3.8) is 0 Å². The molecule has 202 valence electrons. The Morgan fingerprint density at radius 3 is 2.75 bits per heavy atom. The molecule has 2 aromatic carbocycles. The number of imidazole rings is 1. The number of carbonyl (C=O) groups excluding carboxylic acids is 1. The number of fused-ring (bicyclic) bond motifs is 1. The lowest BCUT2D eigenvalue weighted by atomic mass is 10.0. The Kier molecular flexibility index (Phi) is 6.56. The van der Waals surface area contributed by atoms with E-state index >= 15 is 0 Å². The van der Waals surface area contributed by atoms with Crippen LogP contribution in [0.4, 0.5) is 14.9 Å². The summed E-state index contributed by atoms with van der Waals surface area (Å²) in [6, 6.07) is 12.5. The summed E-state index contributed by atoms with van der Waals surface area (Å²) in [6.07, 6.45) is 1.90. The lowest BCUT2D eigenvalue weighted by molar-refractivity contribution is 0.187. The van der Waals surface area contributed by atoms with Crippen LogP contribution >= 0.6 is 23.2 Å². The van der Waals surface area contributed by atoms with E-state index in [9.17, 15) is 14.0 Å². The number of amides is 1. The number of carbonyl (C=O) groups is 1. The lowest BCUT2D eigenvalue weighted by Crippen LogP contribution is -2.24. The third-order valence-corrected chi connectivity index (χ3v) is 7.17. The predicted molar refractivity (Wildman–Crippen MR) is 145 cm³/mol. The van der Waals surface area contributed by atoms with Crippen LogP contribution in [0.5, 0.6) is 0 Å². The molecule has 0 fully saturated rings. The van der Waals surface area contributed by atoms with Crippen molar-refractivity contribution >= 4 is 35.0 Å². The largest absolute Gasteiger partial charge is 0.453 e. The number of hydrogen-bond donors (Lipinski definition) is 2. The number of benzene rings is 2. The van der Waals surface area contributed by atoms with Crippen LogP contribution in [0.25, 0.3) is 28.1 Å². The summed E-state index contributed by atoms with van der Waals surface area (Å²) in [4.78, 5) is 32.5. The van der Waals surface area contributed by atoms with Gasteiger partial charge in [0, 0.05) is 27.9 Å². The van der Waals surface area contributed by atoms with Gasteiger partial charge in [-0.05, 0) is 65.2 Å². The van der Waals surface area contributed by atoms with E-state index in [1.807, 2.05) is 6.07 Å². The van der Waals surface area contributed by atoms with Crippen molar-refractivity contribution < 1.29 is 13.9 Å². The van der Waals surface area contributed by atoms with Gasteiger partial charge in [0.25, 0.3) is 5.56 Å². The fraction of sp³-hybridized carbons (Fsp3) is 0.154. The molecule has 11 nitrogen and oxygen atoms in total. The maximum atomic E-state index is 14.6. The number of aromatic amines is 1. The third kappa shape index (κ3) is 4.61. The van der Waals surface area contributed by atoms with E-state index in [0.29, 0.717) is 51.8 Å². The minimum atomic E-state index is -0.790. The molecule has 2 N–H and O–H groups in total. The molecule has 3 aromatic heterocycles. The number of aromatic nitrogens is 7. The molecule has 0 saturated heterocycles. The normalized spacial score (nSPS) is 14.2.